The number of ketones is 1. The van der Waals surface area contributed by atoms with Crippen LogP contribution < -0.4 is 0 Å². The molecule has 1 heterocycles. The van der Waals surface area contributed by atoms with Gasteiger partial charge in [-0.05, 0) is 18.2 Å². The molecule has 0 aliphatic rings. The van der Waals surface area contributed by atoms with Crippen LogP contribution in [0, 0.1) is 0 Å². The van der Waals surface area contributed by atoms with Gasteiger partial charge in [0.2, 0.25) is 0 Å². The summed E-state index contributed by atoms with van der Waals surface area (Å²) in [5, 5.41) is 4.84. The molecule has 0 unspecified atom stereocenters. The molecule has 0 saturated heterocycles. The average molecular weight is 269 g/mol. The van der Waals surface area contributed by atoms with Crippen LogP contribution in [-0.2, 0) is 13.5 Å². The van der Waals surface area contributed by atoms with E-state index in [1.807, 2.05) is 0 Å². The molecule has 0 spiro atoms. The van der Waals surface area contributed by atoms with Crippen LogP contribution in [0.4, 0.5) is 0 Å². The van der Waals surface area contributed by atoms with Crippen molar-refractivity contribution in [3.05, 3.63) is 51.8 Å². The van der Waals surface area contributed by atoms with E-state index in [-0.39, 0.29) is 12.2 Å². The minimum absolute atomic E-state index is 0.0869. The fourth-order valence-corrected chi connectivity index (χ4v) is 1.94. The molecule has 3 nitrogen and oxygen atoms in total. The van der Waals surface area contributed by atoms with Crippen molar-refractivity contribution in [1.29, 1.82) is 0 Å². The Kier molecular flexibility index (Phi) is 3.50. The summed E-state index contributed by atoms with van der Waals surface area (Å²) in [5.41, 5.74) is 1.15. The first kappa shape index (κ1) is 12.1. The van der Waals surface area contributed by atoms with Gasteiger partial charge in [-0.2, -0.15) is 5.10 Å². The van der Waals surface area contributed by atoms with E-state index in [1.165, 1.54) is 0 Å². The number of aromatic nitrogens is 2. The quantitative estimate of drug-likeness (QED) is 0.802. The number of nitrogens with zero attached hydrogens (tertiary/aromatic N) is 2. The number of hydrogen-bond acceptors (Lipinski definition) is 2. The van der Waals surface area contributed by atoms with Gasteiger partial charge in [-0.3, -0.25) is 9.48 Å². The summed E-state index contributed by atoms with van der Waals surface area (Å²) < 4.78 is 1.65. The lowest BCUT2D eigenvalue weighted by molar-refractivity contribution is 0.0992. The first-order valence-electron chi connectivity index (χ1n) is 5.03. The van der Waals surface area contributed by atoms with Crippen molar-refractivity contribution in [1.82, 2.24) is 9.78 Å². The largest absolute Gasteiger partial charge is 0.294 e. The number of Topliss-reactive ketones (excluding diaryl/α,β-unsaturated/α-hetero) is 1. The second-order valence-electron chi connectivity index (χ2n) is 3.68. The van der Waals surface area contributed by atoms with E-state index < -0.39 is 0 Å². The smallest absolute Gasteiger partial charge is 0.170 e. The van der Waals surface area contributed by atoms with Crippen LogP contribution in [0.15, 0.2) is 30.5 Å². The Morgan fingerprint density at radius 2 is 2.12 bits per heavy atom. The molecule has 2 rings (SSSR count). The predicted molar refractivity (Wildman–Crippen MR) is 67.7 cm³/mol. The van der Waals surface area contributed by atoms with Gasteiger partial charge in [0.1, 0.15) is 0 Å². The number of carbonyl (C=O) groups is 1. The number of rotatable bonds is 3. The summed E-state index contributed by atoms with van der Waals surface area (Å²) in [4.78, 5) is 12.0. The summed E-state index contributed by atoms with van der Waals surface area (Å²) in [5.74, 6) is -0.0869. The average Bonchev–Trinajstić information content (AvgIpc) is 2.68. The molecule has 0 aliphatic heterocycles. The lowest BCUT2D eigenvalue weighted by Crippen LogP contribution is -2.05. The highest BCUT2D eigenvalue weighted by Gasteiger charge is 2.14. The van der Waals surface area contributed by atoms with Gasteiger partial charge in [0.25, 0.3) is 0 Å². The van der Waals surface area contributed by atoms with Crippen LogP contribution in [0.3, 0.4) is 0 Å². The van der Waals surface area contributed by atoms with Crippen LogP contribution >= 0.6 is 23.2 Å². The molecule has 88 valence electrons. The van der Waals surface area contributed by atoms with E-state index in [4.69, 9.17) is 23.2 Å². The fourth-order valence-electron chi connectivity index (χ4n) is 1.54. The van der Waals surface area contributed by atoms with Crippen molar-refractivity contribution in [2.45, 2.75) is 6.42 Å². The third-order valence-corrected chi connectivity index (χ3v) is 3.18. The molecule has 0 atom stereocenters. The monoisotopic (exact) mass is 268 g/mol. The molecule has 0 amide bonds. The third-order valence-electron chi connectivity index (χ3n) is 2.36. The molecule has 0 saturated carbocycles. The zero-order valence-corrected chi connectivity index (χ0v) is 10.7. The van der Waals surface area contributed by atoms with Gasteiger partial charge in [0.15, 0.2) is 5.78 Å². The molecule has 0 fully saturated rings. The number of halogens is 2. The van der Waals surface area contributed by atoms with Crippen LogP contribution in [0.2, 0.25) is 10.0 Å². The molecular weight excluding hydrogens is 259 g/mol. The number of aryl methyl sites for hydroxylation is 1. The number of hydrogen-bond donors (Lipinski definition) is 0. The predicted octanol–water partition coefficient (Wildman–Crippen LogP) is 3.15. The summed E-state index contributed by atoms with van der Waals surface area (Å²) >= 11 is 11.8. The Morgan fingerprint density at radius 3 is 2.76 bits per heavy atom. The summed E-state index contributed by atoms with van der Waals surface area (Å²) in [6.45, 7) is 0. The Bertz CT molecular complexity index is 563. The van der Waals surface area contributed by atoms with E-state index in [2.05, 4.69) is 5.10 Å². The van der Waals surface area contributed by atoms with Crippen LogP contribution in [0.25, 0.3) is 0 Å². The maximum atomic E-state index is 12.0. The van der Waals surface area contributed by atoms with Gasteiger partial charge in [0, 0.05) is 18.8 Å². The second-order valence-corrected chi connectivity index (χ2v) is 4.47. The zero-order chi connectivity index (χ0) is 12.4. The fraction of sp³-hybridized carbons (Fsp3) is 0.167. The Hall–Kier alpha value is -1.32. The Labute approximate surface area is 109 Å². The van der Waals surface area contributed by atoms with E-state index in [0.29, 0.717) is 21.3 Å². The third kappa shape index (κ3) is 2.68. The van der Waals surface area contributed by atoms with Crippen LogP contribution in [0.5, 0.6) is 0 Å². The highest BCUT2D eigenvalue weighted by Crippen LogP contribution is 2.26. The van der Waals surface area contributed by atoms with Crippen molar-refractivity contribution in [2.24, 2.45) is 7.05 Å². The second kappa shape index (κ2) is 4.90. The van der Waals surface area contributed by atoms with Gasteiger partial charge >= 0.3 is 0 Å². The highest BCUT2D eigenvalue weighted by atomic mass is 35.5. The van der Waals surface area contributed by atoms with E-state index in [0.717, 1.165) is 0 Å². The van der Waals surface area contributed by atoms with E-state index >= 15 is 0 Å². The minimum atomic E-state index is -0.0869. The van der Waals surface area contributed by atoms with Crippen molar-refractivity contribution in [2.75, 3.05) is 0 Å². The van der Waals surface area contributed by atoms with Gasteiger partial charge in [-0.15, -0.1) is 0 Å². The standard InChI is InChI=1S/C12H10Cl2N2O/c1-16-6-5-8(15-16)7-11(17)9-3-2-4-10(13)12(9)14/h2-6H,7H2,1H3. The van der Waals surface area contributed by atoms with Crippen molar-refractivity contribution >= 4 is 29.0 Å². The molecule has 0 bridgehead atoms. The van der Waals surface area contributed by atoms with Gasteiger partial charge in [-0.1, -0.05) is 29.3 Å². The Balaban J connectivity index is 2.23. The summed E-state index contributed by atoms with van der Waals surface area (Å²) in [6.07, 6.45) is 2.02. The Morgan fingerprint density at radius 1 is 1.35 bits per heavy atom. The van der Waals surface area contributed by atoms with Gasteiger partial charge < -0.3 is 0 Å². The molecule has 0 radical (unpaired) electrons. The summed E-state index contributed by atoms with van der Waals surface area (Å²) in [7, 11) is 1.81. The maximum Gasteiger partial charge on any atom is 0.170 e. The van der Waals surface area contributed by atoms with Gasteiger partial charge in [0.05, 0.1) is 22.2 Å². The van der Waals surface area contributed by atoms with Crippen LogP contribution in [-0.4, -0.2) is 15.6 Å². The molecule has 0 N–H and O–H groups in total. The molecule has 1 aromatic heterocycles. The van der Waals surface area contributed by atoms with E-state index in [1.54, 1.807) is 42.2 Å². The van der Waals surface area contributed by atoms with Crippen molar-refractivity contribution in [3.8, 4) is 0 Å². The number of benzene rings is 1. The molecule has 5 heteroatoms. The molecule has 0 aliphatic carbocycles. The minimum Gasteiger partial charge on any atom is -0.294 e. The lowest BCUT2D eigenvalue weighted by atomic mass is 10.1. The SMILES string of the molecule is Cn1ccc(CC(=O)c2cccc(Cl)c2Cl)n1. The zero-order valence-electron chi connectivity index (χ0n) is 9.15. The van der Waals surface area contributed by atoms with Crippen LogP contribution in [0.1, 0.15) is 16.1 Å². The number of carbonyl (C=O) groups excluding carboxylic acids is 1. The van der Waals surface area contributed by atoms with Crippen molar-refractivity contribution < 1.29 is 4.79 Å². The molecule has 2 aromatic rings. The molecule has 17 heavy (non-hydrogen) atoms. The molecule has 1 aromatic carbocycles. The van der Waals surface area contributed by atoms with Crippen molar-refractivity contribution in [3.63, 3.8) is 0 Å². The molecular formula is C12H10Cl2N2O. The summed E-state index contributed by atoms with van der Waals surface area (Å²) in [6, 6.07) is 6.83. The normalized spacial score (nSPS) is 10.5. The highest BCUT2D eigenvalue weighted by molar-refractivity contribution is 6.43. The topological polar surface area (TPSA) is 34.9 Å². The lowest BCUT2D eigenvalue weighted by Gasteiger charge is -2.03. The van der Waals surface area contributed by atoms with Gasteiger partial charge in [-0.25, -0.2) is 0 Å². The van der Waals surface area contributed by atoms with E-state index in [9.17, 15) is 4.79 Å². The first-order chi connectivity index (χ1) is 8.08. The first-order valence-corrected chi connectivity index (χ1v) is 5.79. The maximum absolute atomic E-state index is 12.0.